The molecule has 1 rings (SSSR count). The lowest BCUT2D eigenvalue weighted by atomic mass is 10.0. The fourth-order valence-corrected chi connectivity index (χ4v) is 1.10. The molecule has 0 aliphatic heterocycles. The molecule has 0 bridgehead atoms. The number of hydrogen-bond donors (Lipinski definition) is 5. The van der Waals surface area contributed by atoms with Crippen LogP contribution in [0, 0.1) is 0 Å². The van der Waals surface area contributed by atoms with Crippen molar-refractivity contribution in [2.75, 3.05) is 0 Å². The molecule has 6 N–H and O–H groups in total. The van der Waals surface area contributed by atoms with Gasteiger partial charge in [-0.05, 0) is 24.6 Å². The molecule has 0 amide bonds. The van der Waals surface area contributed by atoms with Crippen LogP contribution >= 0.6 is 0 Å². The quantitative estimate of drug-likeness (QED) is 0.437. The lowest BCUT2D eigenvalue weighted by Gasteiger charge is -2.15. The summed E-state index contributed by atoms with van der Waals surface area (Å²) in [6.45, 7) is 1.49. The molecule has 0 aromatic heterocycles. The molecule has 0 aliphatic rings. The van der Waals surface area contributed by atoms with Gasteiger partial charge < -0.3 is 26.2 Å². The standard InChI is InChI=1S/C9H13NO4/c1-4(11)8(10)5-2-6(12)9(14)7(13)3-5/h2-4,8,11-14H,10H2,1H3. The number of phenols is 3. The molecule has 0 saturated heterocycles. The summed E-state index contributed by atoms with van der Waals surface area (Å²) in [5, 5.41) is 36.6. The molecule has 1 aromatic rings. The molecule has 0 saturated carbocycles. The maximum atomic E-state index is 9.17. The maximum Gasteiger partial charge on any atom is 0.200 e. The van der Waals surface area contributed by atoms with Gasteiger partial charge >= 0.3 is 0 Å². The van der Waals surface area contributed by atoms with Crippen LogP contribution in [0.25, 0.3) is 0 Å². The number of hydrogen-bond acceptors (Lipinski definition) is 5. The van der Waals surface area contributed by atoms with E-state index < -0.39 is 29.4 Å². The van der Waals surface area contributed by atoms with Crippen molar-refractivity contribution in [1.29, 1.82) is 0 Å². The Labute approximate surface area is 81.0 Å². The highest BCUT2D eigenvalue weighted by molar-refractivity contribution is 5.51. The van der Waals surface area contributed by atoms with E-state index in [0.717, 1.165) is 0 Å². The summed E-state index contributed by atoms with van der Waals surface area (Å²) in [6.07, 6.45) is -0.807. The number of aliphatic hydroxyl groups excluding tert-OH is 1. The first-order valence-electron chi connectivity index (χ1n) is 4.12. The maximum absolute atomic E-state index is 9.17. The summed E-state index contributed by atoms with van der Waals surface area (Å²) in [7, 11) is 0. The number of phenolic OH excluding ortho intramolecular Hbond substituents is 3. The molecule has 1 aromatic carbocycles. The minimum absolute atomic E-state index is 0.354. The van der Waals surface area contributed by atoms with Gasteiger partial charge in [-0.1, -0.05) is 0 Å². The lowest BCUT2D eigenvalue weighted by molar-refractivity contribution is 0.164. The molecule has 14 heavy (non-hydrogen) atoms. The second kappa shape index (κ2) is 3.73. The zero-order valence-corrected chi connectivity index (χ0v) is 7.68. The van der Waals surface area contributed by atoms with Crippen LogP contribution in [0.5, 0.6) is 17.2 Å². The Bertz CT molecular complexity index is 315. The van der Waals surface area contributed by atoms with Crippen molar-refractivity contribution >= 4 is 0 Å². The van der Waals surface area contributed by atoms with Gasteiger partial charge in [0.2, 0.25) is 0 Å². The zero-order valence-electron chi connectivity index (χ0n) is 7.68. The Morgan fingerprint density at radius 3 is 1.93 bits per heavy atom. The van der Waals surface area contributed by atoms with Crippen molar-refractivity contribution in [3.05, 3.63) is 17.7 Å². The van der Waals surface area contributed by atoms with Gasteiger partial charge in [0.15, 0.2) is 17.2 Å². The molecule has 5 nitrogen and oxygen atoms in total. The van der Waals surface area contributed by atoms with Crippen LogP contribution in [0.4, 0.5) is 0 Å². The molecular formula is C9H13NO4. The Morgan fingerprint density at radius 2 is 1.57 bits per heavy atom. The number of nitrogens with two attached hydrogens (primary N) is 1. The van der Waals surface area contributed by atoms with Gasteiger partial charge in [0, 0.05) is 0 Å². The minimum atomic E-state index is -0.807. The Hall–Kier alpha value is -1.46. The van der Waals surface area contributed by atoms with Crippen LogP contribution < -0.4 is 5.73 Å². The summed E-state index contributed by atoms with van der Waals surface area (Å²) in [5.74, 6) is -1.52. The Morgan fingerprint density at radius 1 is 1.14 bits per heavy atom. The molecule has 2 unspecified atom stereocenters. The molecule has 0 spiro atoms. The van der Waals surface area contributed by atoms with Crippen LogP contribution in [0.15, 0.2) is 12.1 Å². The largest absolute Gasteiger partial charge is 0.504 e. The number of aliphatic hydroxyl groups is 1. The van der Waals surface area contributed by atoms with Gasteiger partial charge in [0.1, 0.15) is 0 Å². The second-order valence-corrected chi connectivity index (χ2v) is 3.17. The zero-order chi connectivity index (χ0) is 10.9. The summed E-state index contributed by atoms with van der Waals surface area (Å²) in [6, 6.07) is 1.69. The third kappa shape index (κ3) is 1.89. The van der Waals surface area contributed by atoms with Gasteiger partial charge in [-0.25, -0.2) is 0 Å². The van der Waals surface area contributed by atoms with Gasteiger partial charge in [-0.2, -0.15) is 0 Å². The highest BCUT2D eigenvalue weighted by atomic mass is 16.3. The summed E-state index contributed by atoms with van der Waals surface area (Å²) in [4.78, 5) is 0. The summed E-state index contributed by atoms with van der Waals surface area (Å²) in [5.41, 5.74) is 5.93. The number of rotatable bonds is 2. The van der Waals surface area contributed by atoms with Crippen molar-refractivity contribution in [3.8, 4) is 17.2 Å². The van der Waals surface area contributed by atoms with Gasteiger partial charge in [0.25, 0.3) is 0 Å². The van der Waals surface area contributed by atoms with Crippen LogP contribution in [-0.2, 0) is 0 Å². The topological polar surface area (TPSA) is 107 Å². The first kappa shape index (κ1) is 10.6. The average molecular weight is 199 g/mol. The minimum Gasteiger partial charge on any atom is -0.504 e. The van der Waals surface area contributed by atoms with E-state index in [1.807, 2.05) is 0 Å². The van der Waals surface area contributed by atoms with E-state index in [1.54, 1.807) is 0 Å². The SMILES string of the molecule is CC(O)C(N)c1cc(O)c(O)c(O)c1. The normalized spacial score (nSPS) is 15.1. The smallest absolute Gasteiger partial charge is 0.200 e. The highest BCUT2D eigenvalue weighted by Gasteiger charge is 2.16. The van der Waals surface area contributed by atoms with Crippen LogP contribution in [-0.4, -0.2) is 26.5 Å². The molecular weight excluding hydrogens is 186 g/mol. The molecule has 5 heteroatoms. The van der Waals surface area contributed by atoms with E-state index >= 15 is 0 Å². The fourth-order valence-electron chi connectivity index (χ4n) is 1.10. The van der Waals surface area contributed by atoms with E-state index in [1.165, 1.54) is 19.1 Å². The number of aromatic hydroxyl groups is 3. The number of benzene rings is 1. The van der Waals surface area contributed by atoms with E-state index in [0.29, 0.717) is 5.56 Å². The van der Waals surface area contributed by atoms with Crippen molar-refractivity contribution in [1.82, 2.24) is 0 Å². The molecule has 0 heterocycles. The third-order valence-corrected chi connectivity index (χ3v) is 2.00. The summed E-state index contributed by atoms with van der Waals surface area (Å²) < 4.78 is 0. The second-order valence-electron chi connectivity index (χ2n) is 3.17. The molecule has 0 fully saturated rings. The van der Waals surface area contributed by atoms with E-state index in [-0.39, 0.29) is 0 Å². The lowest BCUT2D eigenvalue weighted by Crippen LogP contribution is -2.22. The van der Waals surface area contributed by atoms with Crippen LogP contribution in [0.1, 0.15) is 18.5 Å². The van der Waals surface area contributed by atoms with Crippen LogP contribution in [0.2, 0.25) is 0 Å². The van der Waals surface area contributed by atoms with Gasteiger partial charge in [0.05, 0.1) is 12.1 Å². The van der Waals surface area contributed by atoms with E-state index in [4.69, 9.17) is 21.1 Å². The monoisotopic (exact) mass is 199 g/mol. The van der Waals surface area contributed by atoms with Crippen molar-refractivity contribution in [2.24, 2.45) is 5.73 Å². The third-order valence-electron chi connectivity index (χ3n) is 2.00. The first-order chi connectivity index (χ1) is 6.43. The molecule has 78 valence electrons. The Kier molecular flexibility index (Phi) is 2.83. The highest BCUT2D eigenvalue weighted by Crippen LogP contribution is 2.37. The molecule has 0 radical (unpaired) electrons. The van der Waals surface area contributed by atoms with Crippen molar-refractivity contribution in [3.63, 3.8) is 0 Å². The van der Waals surface area contributed by atoms with Gasteiger partial charge in [-0.15, -0.1) is 0 Å². The van der Waals surface area contributed by atoms with Gasteiger partial charge in [-0.3, -0.25) is 0 Å². The predicted molar refractivity (Wildman–Crippen MR) is 50.0 cm³/mol. The molecule has 0 aliphatic carbocycles. The summed E-state index contributed by atoms with van der Waals surface area (Å²) >= 11 is 0. The Balaban J connectivity index is 3.12. The van der Waals surface area contributed by atoms with Crippen LogP contribution in [0.3, 0.4) is 0 Å². The first-order valence-corrected chi connectivity index (χ1v) is 4.12. The van der Waals surface area contributed by atoms with E-state index in [9.17, 15) is 5.11 Å². The van der Waals surface area contributed by atoms with Crippen molar-refractivity contribution in [2.45, 2.75) is 19.1 Å². The average Bonchev–Trinajstić information content (AvgIpc) is 2.12. The fraction of sp³-hybridized carbons (Fsp3) is 0.333. The van der Waals surface area contributed by atoms with E-state index in [2.05, 4.69) is 0 Å². The van der Waals surface area contributed by atoms with Crippen molar-refractivity contribution < 1.29 is 20.4 Å². The molecule has 2 atom stereocenters. The predicted octanol–water partition coefficient (Wildman–Crippen LogP) is 0.184.